The van der Waals surface area contributed by atoms with Crippen molar-refractivity contribution in [3.63, 3.8) is 0 Å². The van der Waals surface area contributed by atoms with Gasteiger partial charge in [-0.15, -0.1) is 0 Å². The molecular formula is C17H22Cl2N2O4. The average molecular weight is 389 g/mol. The summed E-state index contributed by atoms with van der Waals surface area (Å²) in [6.45, 7) is 3.73. The first kappa shape index (κ1) is 21.3. The molecule has 8 heteroatoms. The maximum Gasteiger partial charge on any atom is 0.326 e. The van der Waals surface area contributed by atoms with Crippen LogP contribution in [0.15, 0.2) is 18.2 Å². The van der Waals surface area contributed by atoms with E-state index in [1.165, 1.54) is 6.07 Å². The average Bonchev–Trinajstić information content (AvgIpc) is 2.49. The largest absolute Gasteiger partial charge is 0.480 e. The van der Waals surface area contributed by atoms with E-state index in [0.717, 1.165) is 6.42 Å². The molecule has 0 aliphatic rings. The van der Waals surface area contributed by atoms with Crippen LogP contribution >= 0.6 is 23.2 Å². The molecular weight excluding hydrogens is 367 g/mol. The van der Waals surface area contributed by atoms with Crippen molar-refractivity contribution in [2.45, 2.75) is 39.2 Å². The summed E-state index contributed by atoms with van der Waals surface area (Å²) in [6, 6.07) is 3.56. The van der Waals surface area contributed by atoms with E-state index in [2.05, 4.69) is 10.6 Å². The van der Waals surface area contributed by atoms with Crippen LogP contribution in [0.2, 0.25) is 10.0 Å². The second-order valence-corrected chi connectivity index (χ2v) is 7.02. The number of carboxylic acids is 1. The molecule has 25 heavy (non-hydrogen) atoms. The zero-order valence-corrected chi connectivity index (χ0v) is 15.7. The number of hydrogen-bond acceptors (Lipinski definition) is 3. The molecule has 1 unspecified atom stereocenters. The molecule has 6 nitrogen and oxygen atoms in total. The lowest BCUT2D eigenvalue weighted by molar-refractivity contribution is -0.141. The van der Waals surface area contributed by atoms with Gasteiger partial charge in [-0.3, -0.25) is 9.59 Å². The van der Waals surface area contributed by atoms with Gasteiger partial charge in [0.15, 0.2) is 0 Å². The number of carboxylic acid groups (broad SMARTS) is 1. The van der Waals surface area contributed by atoms with Crippen LogP contribution in [0.4, 0.5) is 0 Å². The SMILES string of the molecule is CC(C)CCC(=O)NCC(=O)NC(Cc1cc(Cl)cc(Cl)c1)C(=O)O. The van der Waals surface area contributed by atoms with E-state index in [4.69, 9.17) is 23.2 Å². The number of carbonyl (C=O) groups is 3. The van der Waals surface area contributed by atoms with Crippen molar-refractivity contribution < 1.29 is 19.5 Å². The van der Waals surface area contributed by atoms with E-state index < -0.39 is 17.9 Å². The van der Waals surface area contributed by atoms with E-state index >= 15 is 0 Å². The molecule has 0 heterocycles. The van der Waals surface area contributed by atoms with Gasteiger partial charge in [0.1, 0.15) is 6.04 Å². The van der Waals surface area contributed by atoms with Gasteiger partial charge in [0.25, 0.3) is 0 Å². The van der Waals surface area contributed by atoms with Crippen molar-refractivity contribution in [2.24, 2.45) is 5.92 Å². The molecule has 0 aliphatic carbocycles. The van der Waals surface area contributed by atoms with E-state index in [9.17, 15) is 19.5 Å². The van der Waals surface area contributed by atoms with Crippen LogP contribution in [0.1, 0.15) is 32.3 Å². The summed E-state index contributed by atoms with van der Waals surface area (Å²) in [6.07, 6.45) is 1.08. The Bertz CT molecular complexity index is 615. The third kappa shape index (κ3) is 8.74. The second kappa shape index (κ2) is 10.3. The second-order valence-electron chi connectivity index (χ2n) is 6.15. The zero-order valence-electron chi connectivity index (χ0n) is 14.1. The highest BCUT2D eigenvalue weighted by molar-refractivity contribution is 6.34. The van der Waals surface area contributed by atoms with Gasteiger partial charge in [-0.1, -0.05) is 37.0 Å². The number of carbonyl (C=O) groups excluding carboxylic acids is 2. The Morgan fingerprint density at radius 3 is 2.20 bits per heavy atom. The molecule has 0 saturated heterocycles. The lowest BCUT2D eigenvalue weighted by atomic mass is 10.1. The van der Waals surface area contributed by atoms with E-state index in [-0.39, 0.29) is 18.9 Å². The summed E-state index contributed by atoms with van der Waals surface area (Å²) in [5.41, 5.74) is 0.589. The third-order valence-corrected chi connectivity index (χ3v) is 3.83. The summed E-state index contributed by atoms with van der Waals surface area (Å²) in [5, 5.41) is 14.9. The molecule has 0 spiro atoms. The number of benzene rings is 1. The molecule has 1 rings (SSSR count). The van der Waals surface area contributed by atoms with Crippen molar-refractivity contribution >= 4 is 41.0 Å². The molecule has 1 aromatic rings. The van der Waals surface area contributed by atoms with Crippen LogP contribution in [-0.4, -0.2) is 35.5 Å². The smallest absolute Gasteiger partial charge is 0.326 e. The van der Waals surface area contributed by atoms with Gasteiger partial charge < -0.3 is 15.7 Å². The Hall–Kier alpha value is -1.79. The summed E-state index contributed by atoms with van der Waals surface area (Å²) >= 11 is 11.8. The number of aliphatic carboxylic acids is 1. The molecule has 3 N–H and O–H groups in total. The summed E-state index contributed by atoms with van der Waals surface area (Å²) in [7, 11) is 0. The first-order valence-corrected chi connectivity index (χ1v) is 8.66. The zero-order chi connectivity index (χ0) is 19.0. The molecule has 0 saturated carbocycles. The van der Waals surface area contributed by atoms with Gasteiger partial charge in [0.05, 0.1) is 6.54 Å². The van der Waals surface area contributed by atoms with Crippen LogP contribution in [0, 0.1) is 5.92 Å². The number of nitrogens with one attached hydrogen (secondary N) is 2. The van der Waals surface area contributed by atoms with Crippen LogP contribution in [0.5, 0.6) is 0 Å². The highest BCUT2D eigenvalue weighted by Crippen LogP contribution is 2.20. The molecule has 0 bridgehead atoms. The molecule has 0 aromatic heterocycles. The standard InChI is InChI=1S/C17H22Cl2N2O4/c1-10(2)3-4-15(22)20-9-16(23)21-14(17(24)25)7-11-5-12(18)8-13(19)6-11/h5-6,8,10,14H,3-4,7,9H2,1-2H3,(H,20,22)(H,21,23)(H,24,25). The first-order chi connectivity index (χ1) is 11.7. The van der Waals surface area contributed by atoms with E-state index in [1.54, 1.807) is 12.1 Å². The van der Waals surface area contributed by atoms with E-state index in [0.29, 0.717) is 27.9 Å². The van der Waals surface area contributed by atoms with Crippen molar-refractivity contribution in [1.82, 2.24) is 10.6 Å². The molecule has 2 amide bonds. The minimum atomic E-state index is -1.18. The number of amides is 2. The normalized spacial score (nSPS) is 11.9. The van der Waals surface area contributed by atoms with Gasteiger partial charge in [-0.05, 0) is 36.1 Å². The van der Waals surface area contributed by atoms with Crippen molar-refractivity contribution in [3.8, 4) is 0 Å². The maximum absolute atomic E-state index is 11.9. The van der Waals surface area contributed by atoms with Gasteiger partial charge in [0.2, 0.25) is 11.8 Å². The van der Waals surface area contributed by atoms with Gasteiger partial charge in [-0.25, -0.2) is 4.79 Å². The number of hydrogen-bond donors (Lipinski definition) is 3. The predicted molar refractivity (Wildman–Crippen MR) is 96.8 cm³/mol. The fourth-order valence-corrected chi connectivity index (χ4v) is 2.67. The van der Waals surface area contributed by atoms with Gasteiger partial charge in [-0.2, -0.15) is 0 Å². The molecule has 1 atom stereocenters. The monoisotopic (exact) mass is 388 g/mol. The Kier molecular flexibility index (Phi) is 8.72. The van der Waals surface area contributed by atoms with Gasteiger partial charge in [0, 0.05) is 22.9 Å². The number of rotatable bonds is 9. The molecule has 0 fully saturated rings. The molecule has 138 valence electrons. The minimum absolute atomic E-state index is 0.0304. The Balaban J connectivity index is 2.55. The van der Waals surface area contributed by atoms with Crippen molar-refractivity contribution in [1.29, 1.82) is 0 Å². The Labute approximate surface area is 156 Å². The first-order valence-electron chi connectivity index (χ1n) is 7.91. The highest BCUT2D eigenvalue weighted by Gasteiger charge is 2.21. The minimum Gasteiger partial charge on any atom is -0.480 e. The topological polar surface area (TPSA) is 95.5 Å². The lowest BCUT2D eigenvalue weighted by Gasteiger charge is -2.15. The van der Waals surface area contributed by atoms with Crippen molar-refractivity contribution in [2.75, 3.05) is 6.54 Å². The quantitative estimate of drug-likeness (QED) is 0.605. The summed E-state index contributed by atoms with van der Waals surface area (Å²) in [4.78, 5) is 34.8. The third-order valence-electron chi connectivity index (χ3n) is 3.39. The van der Waals surface area contributed by atoms with Crippen LogP contribution in [0.3, 0.4) is 0 Å². The maximum atomic E-state index is 11.9. The van der Waals surface area contributed by atoms with E-state index in [1.807, 2.05) is 13.8 Å². The lowest BCUT2D eigenvalue weighted by Crippen LogP contribution is -2.46. The highest BCUT2D eigenvalue weighted by atomic mass is 35.5. The fourth-order valence-electron chi connectivity index (χ4n) is 2.10. The molecule has 1 aromatic carbocycles. The Morgan fingerprint density at radius 2 is 1.68 bits per heavy atom. The van der Waals surface area contributed by atoms with Crippen LogP contribution < -0.4 is 10.6 Å². The predicted octanol–water partition coefficient (Wildman–Crippen LogP) is 2.66. The van der Waals surface area contributed by atoms with Crippen molar-refractivity contribution in [3.05, 3.63) is 33.8 Å². The van der Waals surface area contributed by atoms with Crippen LogP contribution in [0.25, 0.3) is 0 Å². The molecule has 0 aliphatic heterocycles. The summed E-state index contributed by atoms with van der Waals surface area (Å²) in [5.74, 6) is -1.60. The van der Waals surface area contributed by atoms with Crippen LogP contribution in [-0.2, 0) is 20.8 Å². The fraction of sp³-hybridized carbons (Fsp3) is 0.471. The van der Waals surface area contributed by atoms with Gasteiger partial charge >= 0.3 is 5.97 Å². The summed E-state index contributed by atoms with van der Waals surface area (Å²) < 4.78 is 0. The molecule has 0 radical (unpaired) electrons. The Morgan fingerprint density at radius 1 is 1.08 bits per heavy atom. The number of halogens is 2.